The first-order valence-electron chi connectivity index (χ1n) is 6.40. The molecule has 3 rings (SSSR count). The van der Waals surface area contributed by atoms with Crippen molar-refractivity contribution in [2.45, 2.75) is 20.1 Å². The molecule has 2 aromatic heterocycles. The lowest BCUT2D eigenvalue weighted by molar-refractivity contribution is 0.250. The molecule has 0 aliphatic rings. The Hall–Kier alpha value is -2.40. The molecule has 0 bridgehead atoms. The zero-order chi connectivity index (χ0) is 13.9. The van der Waals surface area contributed by atoms with Crippen LogP contribution >= 0.6 is 0 Å². The van der Waals surface area contributed by atoms with Gasteiger partial charge in [-0.1, -0.05) is 23.4 Å². The molecule has 0 amide bonds. The van der Waals surface area contributed by atoms with Crippen molar-refractivity contribution in [1.29, 1.82) is 0 Å². The number of nitrogens with two attached hydrogens (primary N) is 1. The number of hydrogen-bond donors (Lipinski definition) is 1. The predicted molar refractivity (Wildman–Crippen MR) is 75.2 cm³/mol. The van der Waals surface area contributed by atoms with Gasteiger partial charge in [-0.25, -0.2) is 4.98 Å². The molecule has 3 aromatic rings. The van der Waals surface area contributed by atoms with Gasteiger partial charge in [-0.05, 0) is 19.1 Å². The maximum Gasteiger partial charge on any atom is 0.174 e. The van der Waals surface area contributed by atoms with Crippen LogP contribution in [0.3, 0.4) is 0 Å². The minimum Gasteiger partial charge on any atom is -0.483 e. The number of para-hydroxylation sites is 1. The second-order valence-corrected chi connectivity index (χ2v) is 4.56. The first kappa shape index (κ1) is 12.6. The number of aromatic nitrogens is 2. The molecular formula is C15H15N3O2. The molecule has 0 fully saturated rings. The second kappa shape index (κ2) is 5.30. The quantitative estimate of drug-likeness (QED) is 0.788. The molecule has 0 unspecified atom stereocenters. The van der Waals surface area contributed by atoms with Gasteiger partial charge >= 0.3 is 0 Å². The number of pyridine rings is 1. The van der Waals surface area contributed by atoms with E-state index in [-0.39, 0.29) is 0 Å². The Morgan fingerprint density at radius 2 is 2.15 bits per heavy atom. The van der Waals surface area contributed by atoms with Gasteiger partial charge in [0.1, 0.15) is 17.9 Å². The van der Waals surface area contributed by atoms with Crippen LogP contribution in [0.5, 0.6) is 5.75 Å². The number of rotatable bonds is 4. The molecule has 5 heteroatoms. The Balaban J connectivity index is 1.85. The maximum absolute atomic E-state index is 5.78. The summed E-state index contributed by atoms with van der Waals surface area (Å²) in [7, 11) is 0. The van der Waals surface area contributed by atoms with Crippen LogP contribution in [-0.4, -0.2) is 10.1 Å². The Morgan fingerprint density at radius 3 is 2.95 bits per heavy atom. The fourth-order valence-electron chi connectivity index (χ4n) is 2.00. The number of hydrogen-bond acceptors (Lipinski definition) is 5. The van der Waals surface area contributed by atoms with Crippen LogP contribution in [0, 0.1) is 6.92 Å². The summed E-state index contributed by atoms with van der Waals surface area (Å²) in [6.07, 6.45) is 0. The maximum atomic E-state index is 5.78. The summed E-state index contributed by atoms with van der Waals surface area (Å²) in [4.78, 5) is 4.52. The van der Waals surface area contributed by atoms with Gasteiger partial charge in [0.25, 0.3) is 0 Å². The SMILES string of the molecule is Cc1ccc2cccc(OCc3cc(CN)no3)c2n1. The third kappa shape index (κ3) is 2.48. The smallest absolute Gasteiger partial charge is 0.174 e. The Kier molecular flexibility index (Phi) is 3.35. The number of benzene rings is 1. The van der Waals surface area contributed by atoms with E-state index < -0.39 is 0 Å². The highest BCUT2D eigenvalue weighted by Crippen LogP contribution is 2.24. The molecule has 1 aromatic carbocycles. The summed E-state index contributed by atoms with van der Waals surface area (Å²) in [6, 6.07) is 11.7. The van der Waals surface area contributed by atoms with E-state index in [1.807, 2.05) is 37.3 Å². The fraction of sp³-hybridized carbons (Fsp3) is 0.200. The van der Waals surface area contributed by atoms with Crippen LogP contribution < -0.4 is 10.5 Å². The van der Waals surface area contributed by atoms with Crippen molar-refractivity contribution in [3.63, 3.8) is 0 Å². The highest BCUT2D eigenvalue weighted by molar-refractivity contribution is 5.84. The van der Waals surface area contributed by atoms with Gasteiger partial charge in [0.05, 0.1) is 5.69 Å². The van der Waals surface area contributed by atoms with E-state index in [0.717, 1.165) is 28.0 Å². The van der Waals surface area contributed by atoms with E-state index in [0.29, 0.717) is 18.9 Å². The van der Waals surface area contributed by atoms with Gasteiger partial charge in [0, 0.05) is 23.7 Å². The predicted octanol–water partition coefficient (Wildman–Crippen LogP) is 2.57. The highest BCUT2D eigenvalue weighted by Gasteiger charge is 2.07. The number of fused-ring (bicyclic) bond motifs is 1. The third-order valence-electron chi connectivity index (χ3n) is 3.01. The molecule has 2 heterocycles. The molecule has 0 saturated heterocycles. The molecule has 0 aliphatic heterocycles. The van der Waals surface area contributed by atoms with E-state index in [4.69, 9.17) is 15.0 Å². The van der Waals surface area contributed by atoms with Crippen LogP contribution in [0.15, 0.2) is 40.9 Å². The average molecular weight is 269 g/mol. The third-order valence-corrected chi connectivity index (χ3v) is 3.01. The van der Waals surface area contributed by atoms with Gasteiger partial charge in [-0.15, -0.1) is 0 Å². The van der Waals surface area contributed by atoms with Crippen LogP contribution in [0.2, 0.25) is 0 Å². The molecule has 102 valence electrons. The lowest BCUT2D eigenvalue weighted by Crippen LogP contribution is -1.97. The molecule has 0 spiro atoms. The van der Waals surface area contributed by atoms with Crippen molar-refractivity contribution >= 4 is 10.9 Å². The van der Waals surface area contributed by atoms with Gasteiger partial charge in [-0.2, -0.15) is 0 Å². The van der Waals surface area contributed by atoms with E-state index in [2.05, 4.69) is 10.1 Å². The van der Waals surface area contributed by atoms with Crippen LogP contribution in [0.4, 0.5) is 0 Å². The molecule has 0 saturated carbocycles. The Labute approximate surface area is 116 Å². The number of ether oxygens (including phenoxy) is 1. The van der Waals surface area contributed by atoms with Crippen molar-refractivity contribution in [1.82, 2.24) is 10.1 Å². The lowest BCUT2D eigenvalue weighted by atomic mass is 10.2. The largest absolute Gasteiger partial charge is 0.483 e. The number of nitrogens with zero attached hydrogens (tertiary/aromatic N) is 2. The lowest BCUT2D eigenvalue weighted by Gasteiger charge is -2.07. The van der Waals surface area contributed by atoms with Crippen molar-refractivity contribution < 1.29 is 9.26 Å². The zero-order valence-electron chi connectivity index (χ0n) is 11.2. The van der Waals surface area contributed by atoms with E-state index in [9.17, 15) is 0 Å². The zero-order valence-corrected chi connectivity index (χ0v) is 11.2. The normalized spacial score (nSPS) is 10.9. The minimum absolute atomic E-state index is 0.307. The van der Waals surface area contributed by atoms with Crippen LogP contribution in [-0.2, 0) is 13.2 Å². The fourth-order valence-corrected chi connectivity index (χ4v) is 2.00. The minimum atomic E-state index is 0.307. The Morgan fingerprint density at radius 1 is 1.25 bits per heavy atom. The van der Waals surface area contributed by atoms with Gasteiger partial charge < -0.3 is 15.0 Å². The summed E-state index contributed by atoms with van der Waals surface area (Å²) >= 11 is 0. The number of aryl methyl sites for hydroxylation is 1. The van der Waals surface area contributed by atoms with E-state index >= 15 is 0 Å². The van der Waals surface area contributed by atoms with Crippen molar-refractivity contribution in [2.75, 3.05) is 0 Å². The van der Waals surface area contributed by atoms with Gasteiger partial charge in [0.15, 0.2) is 5.76 Å². The van der Waals surface area contributed by atoms with Crippen molar-refractivity contribution in [3.05, 3.63) is 53.5 Å². The standard InChI is InChI=1S/C15H15N3O2/c1-10-5-6-11-3-2-4-14(15(11)17-10)19-9-13-7-12(8-16)18-20-13/h2-7H,8-9,16H2,1H3. The topological polar surface area (TPSA) is 74.2 Å². The molecule has 0 radical (unpaired) electrons. The van der Waals surface area contributed by atoms with E-state index in [1.54, 1.807) is 6.07 Å². The summed E-state index contributed by atoms with van der Waals surface area (Å²) in [5, 5.41) is 4.88. The average Bonchev–Trinajstić information content (AvgIpc) is 2.93. The van der Waals surface area contributed by atoms with Crippen LogP contribution in [0.1, 0.15) is 17.1 Å². The molecule has 20 heavy (non-hydrogen) atoms. The van der Waals surface area contributed by atoms with Crippen LogP contribution in [0.25, 0.3) is 10.9 Å². The van der Waals surface area contributed by atoms with Gasteiger partial charge in [0.2, 0.25) is 0 Å². The van der Waals surface area contributed by atoms with E-state index in [1.165, 1.54) is 0 Å². The molecule has 0 aliphatic carbocycles. The summed E-state index contributed by atoms with van der Waals surface area (Å²) in [5.74, 6) is 1.38. The first-order valence-corrected chi connectivity index (χ1v) is 6.40. The first-order chi connectivity index (χ1) is 9.76. The van der Waals surface area contributed by atoms with Crippen molar-refractivity contribution in [2.24, 2.45) is 5.73 Å². The second-order valence-electron chi connectivity index (χ2n) is 4.56. The Bertz CT molecular complexity index is 737. The molecule has 5 nitrogen and oxygen atoms in total. The molecule has 0 atom stereocenters. The summed E-state index contributed by atoms with van der Waals surface area (Å²) in [6.45, 7) is 2.63. The summed E-state index contributed by atoms with van der Waals surface area (Å²) in [5.41, 5.74) is 8.02. The monoisotopic (exact) mass is 269 g/mol. The van der Waals surface area contributed by atoms with Gasteiger partial charge in [-0.3, -0.25) is 0 Å². The molecular weight excluding hydrogens is 254 g/mol. The highest BCUT2D eigenvalue weighted by atomic mass is 16.5. The molecule has 2 N–H and O–H groups in total. The van der Waals surface area contributed by atoms with Crippen molar-refractivity contribution in [3.8, 4) is 5.75 Å². The summed E-state index contributed by atoms with van der Waals surface area (Å²) < 4.78 is 10.9.